The predicted molar refractivity (Wildman–Crippen MR) is 87.0 cm³/mol. The summed E-state index contributed by atoms with van der Waals surface area (Å²) in [7, 11) is 1.11. The van der Waals surface area contributed by atoms with Crippen molar-refractivity contribution in [3.8, 4) is 0 Å². The number of methoxy groups -OCH3 is 1. The monoisotopic (exact) mass is 373 g/mol. The third-order valence-electron chi connectivity index (χ3n) is 3.83. The molecule has 0 saturated carbocycles. The lowest BCUT2D eigenvalue weighted by atomic mass is 9.98. The lowest BCUT2D eigenvalue weighted by Crippen LogP contribution is -2.49. The standard InChI is InChI=1S/C15H23N3O8/c1-9(13(21)25-2)16-12(20)11(7-19)17-14(22)26-8-10-3-5-18(6-4-10)15(23)24/h10-11,19H,1,3-8H2,2H3,(H,16,20)(H,17,22)(H,23,24)/t11-/m0/s1. The number of carbonyl (C=O) groups excluding carboxylic acids is 3. The first-order valence-electron chi connectivity index (χ1n) is 7.88. The number of amides is 3. The fourth-order valence-electron chi connectivity index (χ4n) is 2.27. The molecule has 1 heterocycles. The first kappa shape index (κ1) is 21.2. The number of piperidine rings is 1. The number of esters is 1. The predicted octanol–water partition coefficient (Wildman–Crippen LogP) is -0.734. The summed E-state index contributed by atoms with van der Waals surface area (Å²) in [6.45, 7) is 3.37. The summed E-state index contributed by atoms with van der Waals surface area (Å²) in [4.78, 5) is 46.9. The molecular weight excluding hydrogens is 350 g/mol. The Morgan fingerprint density at radius 3 is 2.38 bits per heavy atom. The number of hydrogen-bond donors (Lipinski definition) is 4. The number of aliphatic hydroxyl groups is 1. The normalized spacial score (nSPS) is 15.5. The Hall–Kier alpha value is -2.82. The van der Waals surface area contributed by atoms with Crippen molar-refractivity contribution in [1.29, 1.82) is 0 Å². The molecule has 0 unspecified atom stereocenters. The second-order valence-corrected chi connectivity index (χ2v) is 5.65. The van der Waals surface area contributed by atoms with Gasteiger partial charge in [-0.2, -0.15) is 0 Å². The third-order valence-corrected chi connectivity index (χ3v) is 3.83. The highest BCUT2D eigenvalue weighted by atomic mass is 16.5. The molecule has 11 nitrogen and oxygen atoms in total. The van der Waals surface area contributed by atoms with Crippen molar-refractivity contribution < 1.29 is 38.9 Å². The average molecular weight is 373 g/mol. The van der Waals surface area contributed by atoms with Gasteiger partial charge in [0.2, 0.25) is 5.91 Å². The van der Waals surface area contributed by atoms with Gasteiger partial charge < -0.3 is 35.2 Å². The molecule has 0 bridgehead atoms. The van der Waals surface area contributed by atoms with Crippen LogP contribution in [0.25, 0.3) is 0 Å². The minimum absolute atomic E-state index is 0.0110. The number of rotatable bonds is 7. The number of alkyl carbamates (subject to hydrolysis) is 1. The Morgan fingerprint density at radius 1 is 1.27 bits per heavy atom. The first-order valence-corrected chi connectivity index (χ1v) is 7.88. The summed E-state index contributed by atoms with van der Waals surface area (Å²) in [5, 5.41) is 22.4. The van der Waals surface area contributed by atoms with E-state index in [2.05, 4.69) is 21.9 Å². The number of carboxylic acid groups (broad SMARTS) is 1. The van der Waals surface area contributed by atoms with Gasteiger partial charge in [0.15, 0.2) is 0 Å². The summed E-state index contributed by atoms with van der Waals surface area (Å²) in [6, 6.07) is -1.34. The maximum Gasteiger partial charge on any atom is 0.407 e. The molecule has 1 fully saturated rings. The van der Waals surface area contributed by atoms with Crippen molar-refractivity contribution in [2.24, 2.45) is 5.92 Å². The van der Waals surface area contributed by atoms with Crippen LogP contribution in [0.1, 0.15) is 12.8 Å². The molecule has 26 heavy (non-hydrogen) atoms. The van der Waals surface area contributed by atoms with Crippen LogP contribution in [0.15, 0.2) is 12.3 Å². The molecule has 11 heteroatoms. The van der Waals surface area contributed by atoms with E-state index in [9.17, 15) is 24.3 Å². The maximum absolute atomic E-state index is 11.9. The molecule has 1 rings (SSSR count). The maximum atomic E-state index is 11.9. The van der Waals surface area contributed by atoms with Crippen molar-refractivity contribution in [1.82, 2.24) is 15.5 Å². The zero-order chi connectivity index (χ0) is 19.7. The van der Waals surface area contributed by atoms with Gasteiger partial charge in [-0.3, -0.25) is 4.79 Å². The number of hydrogen-bond acceptors (Lipinski definition) is 7. The largest absolute Gasteiger partial charge is 0.465 e. The second kappa shape index (κ2) is 10.2. The van der Waals surface area contributed by atoms with Crippen LogP contribution in [0.3, 0.4) is 0 Å². The van der Waals surface area contributed by atoms with E-state index >= 15 is 0 Å². The van der Waals surface area contributed by atoms with Gasteiger partial charge >= 0.3 is 18.2 Å². The lowest BCUT2D eigenvalue weighted by Gasteiger charge is -2.29. The summed E-state index contributed by atoms with van der Waals surface area (Å²) in [6.07, 6.45) is -0.777. The number of nitrogens with one attached hydrogen (secondary N) is 2. The highest BCUT2D eigenvalue weighted by molar-refractivity contribution is 5.95. The van der Waals surface area contributed by atoms with Crippen LogP contribution in [0.4, 0.5) is 9.59 Å². The number of ether oxygens (including phenoxy) is 2. The van der Waals surface area contributed by atoms with Crippen LogP contribution in [-0.2, 0) is 19.1 Å². The smallest absolute Gasteiger partial charge is 0.407 e. The van der Waals surface area contributed by atoms with Crippen LogP contribution in [0.2, 0.25) is 0 Å². The number of carbonyl (C=O) groups is 4. The van der Waals surface area contributed by atoms with Crippen LogP contribution in [0.5, 0.6) is 0 Å². The number of aliphatic hydroxyl groups excluding tert-OH is 1. The highest BCUT2D eigenvalue weighted by Crippen LogP contribution is 2.17. The van der Waals surface area contributed by atoms with Crippen molar-refractivity contribution in [2.75, 3.05) is 33.4 Å². The Balaban J connectivity index is 2.38. The van der Waals surface area contributed by atoms with E-state index in [1.165, 1.54) is 4.90 Å². The molecule has 1 saturated heterocycles. The molecule has 1 aliphatic rings. The van der Waals surface area contributed by atoms with Gasteiger partial charge in [0, 0.05) is 13.1 Å². The van der Waals surface area contributed by atoms with E-state index in [0.29, 0.717) is 25.9 Å². The average Bonchev–Trinajstić information content (AvgIpc) is 2.63. The van der Waals surface area contributed by atoms with Crippen molar-refractivity contribution in [2.45, 2.75) is 18.9 Å². The molecule has 1 atom stereocenters. The molecule has 0 aromatic rings. The van der Waals surface area contributed by atoms with Gasteiger partial charge in [-0.15, -0.1) is 0 Å². The van der Waals surface area contributed by atoms with E-state index in [4.69, 9.17) is 9.84 Å². The lowest BCUT2D eigenvalue weighted by molar-refractivity contribution is -0.138. The SMILES string of the molecule is C=C(NC(=O)[C@H](CO)NC(=O)OCC1CCN(C(=O)O)CC1)C(=O)OC. The van der Waals surface area contributed by atoms with E-state index in [1.54, 1.807) is 0 Å². The molecule has 4 N–H and O–H groups in total. The van der Waals surface area contributed by atoms with E-state index < -0.39 is 36.7 Å². The molecule has 0 spiro atoms. The zero-order valence-corrected chi connectivity index (χ0v) is 14.4. The quantitative estimate of drug-likeness (QED) is 0.336. The van der Waals surface area contributed by atoms with E-state index in [1.807, 2.05) is 0 Å². The topological polar surface area (TPSA) is 154 Å². The number of nitrogens with zero attached hydrogens (tertiary/aromatic N) is 1. The summed E-state index contributed by atoms with van der Waals surface area (Å²) in [5.74, 6) is -1.70. The van der Waals surface area contributed by atoms with E-state index in [-0.39, 0.29) is 18.2 Å². The van der Waals surface area contributed by atoms with Crippen LogP contribution >= 0.6 is 0 Å². The van der Waals surface area contributed by atoms with Gasteiger partial charge in [0.1, 0.15) is 11.7 Å². The summed E-state index contributed by atoms with van der Waals surface area (Å²) < 4.78 is 9.38. The van der Waals surface area contributed by atoms with Crippen LogP contribution in [0, 0.1) is 5.92 Å². The molecular formula is C15H23N3O8. The Bertz CT molecular complexity index is 557. The highest BCUT2D eigenvalue weighted by Gasteiger charge is 2.25. The minimum Gasteiger partial charge on any atom is -0.465 e. The Morgan fingerprint density at radius 2 is 1.88 bits per heavy atom. The zero-order valence-electron chi connectivity index (χ0n) is 14.4. The number of likely N-dealkylation sites (tertiary alicyclic amines) is 1. The minimum atomic E-state index is -1.34. The van der Waals surface area contributed by atoms with Crippen LogP contribution < -0.4 is 10.6 Å². The fourth-order valence-corrected chi connectivity index (χ4v) is 2.27. The molecule has 0 radical (unpaired) electrons. The van der Waals surface area contributed by atoms with Gasteiger partial charge in [-0.25, -0.2) is 14.4 Å². The summed E-state index contributed by atoms with van der Waals surface area (Å²) >= 11 is 0. The molecule has 3 amide bonds. The Kier molecular flexibility index (Phi) is 8.35. The van der Waals surface area contributed by atoms with Gasteiger partial charge in [-0.1, -0.05) is 6.58 Å². The first-order chi connectivity index (χ1) is 12.3. The van der Waals surface area contributed by atoms with Gasteiger partial charge in [0.05, 0.1) is 20.3 Å². The van der Waals surface area contributed by atoms with Gasteiger partial charge in [-0.05, 0) is 18.8 Å². The fraction of sp³-hybridized carbons (Fsp3) is 0.600. The molecule has 0 aliphatic carbocycles. The Labute approximate surface area is 149 Å². The van der Waals surface area contributed by atoms with Crippen molar-refractivity contribution in [3.63, 3.8) is 0 Å². The van der Waals surface area contributed by atoms with E-state index in [0.717, 1.165) is 7.11 Å². The molecule has 146 valence electrons. The second-order valence-electron chi connectivity index (χ2n) is 5.65. The molecule has 1 aliphatic heterocycles. The molecule has 0 aromatic carbocycles. The molecule has 0 aromatic heterocycles. The van der Waals surface area contributed by atoms with Crippen molar-refractivity contribution >= 4 is 24.1 Å². The summed E-state index contributed by atoms with van der Waals surface area (Å²) in [5.41, 5.74) is -0.337. The van der Waals surface area contributed by atoms with Gasteiger partial charge in [0.25, 0.3) is 0 Å². The van der Waals surface area contributed by atoms with Crippen molar-refractivity contribution in [3.05, 3.63) is 12.3 Å². The van der Waals surface area contributed by atoms with Crippen LogP contribution in [-0.4, -0.2) is 78.6 Å². The third kappa shape index (κ3) is 6.59.